The summed E-state index contributed by atoms with van der Waals surface area (Å²) in [6.07, 6.45) is 2.32. The lowest BCUT2D eigenvalue weighted by Crippen LogP contribution is -2.19. The van der Waals surface area contributed by atoms with Crippen LogP contribution >= 0.6 is 12.4 Å². The summed E-state index contributed by atoms with van der Waals surface area (Å²) in [5, 5.41) is 0. The van der Waals surface area contributed by atoms with E-state index < -0.39 is 0 Å². The van der Waals surface area contributed by atoms with Gasteiger partial charge in [-0.3, -0.25) is 0 Å². The second-order valence-electron chi connectivity index (χ2n) is 4.19. The summed E-state index contributed by atoms with van der Waals surface area (Å²) < 4.78 is 13.8. The maximum Gasteiger partial charge on any atom is 0.146 e. The highest BCUT2D eigenvalue weighted by Gasteiger charge is 2.16. The second-order valence-corrected chi connectivity index (χ2v) is 4.19. The van der Waals surface area contributed by atoms with Crippen molar-refractivity contribution < 1.29 is 4.39 Å². The van der Waals surface area contributed by atoms with Gasteiger partial charge in [-0.25, -0.2) is 4.39 Å². The van der Waals surface area contributed by atoms with E-state index in [1.54, 1.807) is 6.07 Å². The number of hydrogen-bond acceptors (Lipinski definition) is 2. The molecule has 1 aliphatic rings. The van der Waals surface area contributed by atoms with Crippen molar-refractivity contribution in [2.24, 2.45) is 5.73 Å². The van der Waals surface area contributed by atoms with Gasteiger partial charge in [0.1, 0.15) is 5.82 Å². The molecule has 1 heterocycles. The first kappa shape index (κ1) is 13.3. The maximum atomic E-state index is 13.8. The highest BCUT2D eigenvalue weighted by atomic mass is 35.5. The number of anilines is 1. The van der Waals surface area contributed by atoms with Gasteiger partial charge in [-0.05, 0) is 37.5 Å². The topological polar surface area (TPSA) is 29.3 Å². The third kappa shape index (κ3) is 2.66. The number of halogens is 2. The molecule has 0 amide bonds. The molecule has 1 aromatic rings. The first-order chi connectivity index (χ1) is 7.18. The first-order valence-corrected chi connectivity index (χ1v) is 5.48. The van der Waals surface area contributed by atoms with E-state index in [1.807, 2.05) is 19.1 Å². The highest BCUT2D eigenvalue weighted by Crippen LogP contribution is 2.25. The molecule has 2 rings (SSSR count). The smallest absolute Gasteiger partial charge is 0.146 e. The van der Waals surface area contributed by atoms with Gasteiger partial charge in [0.05, 0.1) is 5.69 Å². The monoisotopic (exact) mass is 244 g/mol. The van der Waals surface area contributed by atoms with Crippen molar-refractivity contribution in [1.82, 2.24) is 0 Å². The number of nitrogens with zero attached hydrogens (tertiary/aromatic N) is 1. The minimum absolute atomic E-state index is 0. The SMILES string of the molecule is CC(N)c1ccc(N2CCCC2)c(F)c1.Cl. The maximum absolute atomic E-state index is 13.8. The lowest BCUT2D eigenvalue weighted by molar-refractivity contribution is 0.618. The van der Waals surface area contributed by atoms with Crippen LogP contribution in [0.5, 0.6) is 0 Å². The van der Waals surface area contributed by atoms with E-state index in [0.29, 0.717) is 0 Å². The Balaban J connectivity index is 0.00000128. The predicted molar refractivity (Wildman–Crippen MR) is 67.7 cm³/mol. The third-order valence-corrected chi connectivity index (χ3v) is 2.94. The van der Waals surface area contributed by atoms with Gasteiger partial charge in [0.2, 0.25) is 0 Å². The zero-order chi connectivity index (χ0) is 10.8. The highest BCUT2D eigenvalue weighted by molar-refractivity contribution is 5.85. The molecule has 90 valence electrons. The molecule has 0 aliphatic carbocycles. The molecule has 1 aliphatic heterocycles. The van der Waals surface area contributed by atoms with Crippen LogP contribution in [0.15, 0.2) is 18.2 Å². The molecule has 0 radical (unpaired) electrons. The van der Waals surface area contributed by atoms with E-state index >= 15 is 0 Å². The Labute approximate surface area is 102 Å². The Bertz CT molecular complexity index is 349. The Morgan fingerprint density at radius 2 is 1.94 bits per heavy atom. The summed E-state index contributed by atoms with van der Waals surface area (Å²) in [4.78, 5) is 2.10. The van der Waals surface area contributed by atoms with Crippen LogP contribution in [0.1, 0.15) is 31.4 Å². The molecule has 0 aromatic heterocycles. The van der Waals surface area contributed by atoms with Gasteiger partial charge in [0.15, 0.2) is 0 Å². The molecule has 4 heteroatoms. The number of nitrogens with two attached hydrogens (primary N) is 1. The second kappa shape index (κ2) is 5.51. The molecule has 1 fully saturated rings. The van der Waals surface area contributed by atoms with Crippen LogP contribution in [-0.4, -0.2) is 13.1 Å². The van der Waals surface area contributed by atoms with Gasteiger partial charge >= 0.3 is 0 Å². The van der Waals surface area contributed by atoms with Crippen LogP contribution in [0.4, 0.5) is 10.1 Å². The minimum atomic E-state index is -0.147. The van der Waals surface area contributed by atoms with Crippen molar-refractivity contribution in [2.75, 3.05) is 18.0 Å². The molecule has 0 saturated carbocycles. The van der Waals surface area contributed by atoms with Crippen LogP contribution in [0.25, 0.3) is 0 Å². The van der Waals surface area contributed by atoms with E-state index in [4.69, 9.17) is 5.73 Å². The molecular formula is C12H18ClFN2. The van der Waals surface area contributed by atoms with Crippen molar-refractivity contribution in [3.8, 4) is 0 Å². The molecule has 16 heavy (non-hydrogen) atoms. The first-order valence-electron chi connectivity index (χ1n) is 5.48. The summed E-state index contributed by atoms with van der Waals surface area (Å²) in [5.41, 5.74) is 7.28. The van der Waals surface area contributed by atoms with Crippen molar-refractivity contribution in [3.63, 3.8) is 0 Å². The number of benzene rings is 1. The summed E-state index contributed by atoms with van der Waals surface area (Å²) >= 11 is 0. The van der Waals surface area contributed by atoms with Crippen molar-refractivity contribution in [3.05, 3.63) is 29.6 Å². The van der Waals surface area contributed by atoms with Gasteiger partial charge in [-0.15, -0.1) is 12.4 Å². The summed E-state index contributed by atoms with van der Waals surface area (Å²) in [5.74, 6) is -0.147. The van der Waals surface area contributed by atoms with E-state index in [0.717, 1.165) is 37.2 Å². The van der Waals surface area contributed by atoms with Crippen LogP contribution in [0.2, 0.25) is 0 Å². The Hall–Kier alpha value is -0.800. The number of hydrogen-bond donors (Lipinski definition) is 1. The Kier molecular flexibility index (Phi) is 4.56. The average Bonchev–Trinajstić information content (AvgIpc) is 2.70. The van der Waals surface area contributed by atoms with Gasteiger partial charge in [-0.1, -0.05) is 6.07 Å². The summed E-state index contributed by atoms with van der Waals surface area (Å²) in [6, 6.07) is 5.21. The number of rotatable bonds is 2. The van der Waals surface area contributed by atoms with E-state index in [-0.39, 0.29) is 24.3 Å². The van der Waals surface area contributed by atoms with Crippen LogP contribution in [0, 0.1) is 5.82 Å². The van der Waals surface area contributed by atoms with Gasteiger partial charge in [-0.2, -0.15) is 0 Å². The van der Waals surface area contributed by atoms with Gasteiger partial charge in [0.25, 0.3) is 0 Å². The molecule has 2 N–H and O–H groups in total. The van der Waals surface area contributed by atoms with Crippen LogP contribution < -0.4 is 10.6 Å². The lowest BCUT2D eigenvalue weighted by Gasteiger charge is -2.19. The molecule has 1 unspecified atom stereocenters. The van der Waals surface area contributed by atoms with E-state index in [9.17, 15) is 4.39 Å². The summed E-state index contributed by atoms with van der Waals surface area (Å²) in [7, 11) is 0. The van der Waals surface area contributed by atoms with Gasteiger partial charge in [0, 0.05) is 19.1 Å². The molecular weight excluding hydrogens is 227 g/mol. The molecule has 0 spiro atoms. The standard InChI is InChI=1S/C12H17FN2.ClH/c1-9(14)10-4-5-12(11(13)8-10)15-6-2-3-7-15;/h4-5,8-9H,2-3,6-7,14H2,1H3;1H. The molecule has 1 aromatic carbocycles. The van der Waals surface area contributed by atoms with E-state index in [2.05, 4.69) is 4.90 Å². The Morgan fingerprint density at radius 3 is 2.44 bits per heavy atom. The zero-order valence-electron chi connectivity index (χ0n) is 9.45. The van der Waals surface area contributed by atoms with E-state index in [1.165, 1.54) is 0 Å². The Morgan fingerprint density at radius 1 is 1.31 bits per heavy atom. The van der Waals surface area contributed by atoms with Crippen molar-refractivity contribution in [2.45, 2.75) is 25.8 Å². The zero-order valence-corrected chi connectivity index (χ0v) is 10.3. The fourth-order valence-electron chi connectivity index (χ4n) is 2.02. The minimum Gasteiger partial charge on any atom is -0.369 e. The largest absolute Gasteiger partial charge is 0.369 e. The fourth-order valence-corrected chi connectivity index (χ4v) is 2.02. The summed E-state index contributed by atoms with van der Waals surface area (Å²) in [6.45, 7) is 3.80. The molecule has 0 bridgehead atoms. The van der Waals surface area contributed by atoms with Gasteiger partial charge < -0.3 is 10.6 Å². The fraction of sp³-hybridized carbons (Fsp3) is 0.500. The molecule has 2 nitrogen and oxygen atoms in total. The molecule has 1 atom stereocenters. The average molecular weight is 245 g/mol. The third-order valence-electron chi connectivity index (χ3n) is 2.94. The predicted octanol–water partition coefficient (Wildman–Crippen LogP) is 2.87. The van der Waals surface area contributed by atoms with Crippen molar-refractivity contribution in [1.29, 1.82) is 0 Å². The molecule has 1 saturated heterocycles. The normalized spacial score (nSPS) is 17.1. The lowest BCUT2D eigenvalue weighted by atomic mass is 10.1. The van der Waals surface area contributed by atoms with Crippen molar-refractivity contribution >= 4 is 18.1 Å². The quantitative estimate of drug-likeness (QED) is 0.867. The van der Waals surface area contributed by atoms with Crippen LogP contribution in [0.3, 0.4) is 0 Å². The van der Waals surface area contributed by atoms with Crippen LogP contribution in [-0.2, 0) is 0 Å².